The number of amides is 1. The molecule has 0 aliphatic rings. The highest BCUT2D eigenvalue weighted by molar-refractivity contribution is 5.95. The van der Waals surface area contributed by atoms with Crippen LogP contribution in [0.3, 0.4) is 0 Å². The number of alkyl halides is 3. The molecule has 0 bridgehead atoms. The van der Waals surface area contributed by atoms with E-state index in [-0.39, 0.29) is 17.8 Å². The minimum Gasteiger partial charge on any atom is -0.393 e. The Hall–Kier alpha value is -2.32. The van der Waals surface area contributed by atoms with Gasteiger partial charge in [-0.05, 0) is 18.6 Å². The van der Waals surface area contributed by atoms with Gasteiger partial charge in [0.1, 0.15) is 12.2 Å². The molecule has 116 valence electrons. The fraction of sp³-hybridized carbons (Fsp3) is 0.417. The van der Waals surface area contributed by atoms with Gasteiger partial charge in [0.25, 0.3) is 11.6 Å². The number of rotatable bonds is 5. The van der Waals surface area contributed by atoms with Gasteiger partial charge in [-0.3, -0.25) is 14.9 Å². The molecule has 0 aromatic heterocycles. The Morgan fingerprint density at radius 3 is 2.48 bits per heavy atom. The molecule has 0 atom stereocenters. The first kappa shape index (κ1) is 16.7. The molecular formula is C12H14F3N3O3. The van der Waals surface area contributed by atoms with Crippen LogP contribution in [0.25, 0.3) is 0 Å². The van der Waals surface area contributed by atoms with Crippen LogP contribution in [-0.2, 0) is 0 Å². The Morgan fingerprint density at radius 1 is 1.43 bits per heavy atom. The van der Waals surface area contributed by atoms with Crippen molar-refractivity contribution in [3.05, 3.63) is 33.9 Å². The Bertz CT molecular complexity index is 546. The number of benzene rings is 1. The summed E-state index contributed by atoms with van der Waals surface area (Å²) in [7, 11) is 0. The maximum atomic E-state index is 12.4. The molecule has 0 spiro atoms. The van der Waals surface area contributed by atoms with Gasteiger partial charge >= 0.3 is 6.18 Å². The van der Waals surface area contributed by atoms with E-state index in [1.54, 1.807) is 6.92 Å². The lowest BCUT2D eigenvalue weighted by Crippen LogP contribution is -2.39. The van der Waals surface area contributed by atoms with Gasteiger partial charge in [0, 0.05) is 18.2 Å². The molecule has 6 nitrogen and oxygen atoms in total. The smallest absolute Gasteiger partial charge is 0.393 e. The maximum absolute atomic E-state index is 12.4. The van der Waals surface area contributed by atoms with Crippen molar-refractivity contribution in [3.8, 4) is 0 Å². The number of hydrogen-bond donors (Lipinski definition) is 1. The van der Waals surface area contributed by atoms with Crippen LogP contribution < -0.4 is 5.73 Å². The van der Waals surface area contributed by atoms with E-state index in [0.717, 1.165) is 18.2 Å². The molecule has 0 heterocycles. The summed E-state index contributed by atoms with van der Waals surface area (Å²) in [5.74, 6) is -0.865. The highest BCUT2D eigenvalue weighted by atomic mass is 19.4. The van der Waals surface area contributed by atoms with Gasteiger partial charge in [0.2, 0.25) is 0 Å². The van der Waals surface area contributed by atoms with Crippen molar-refractivity contribution in [1.82, 2.24) is 4.90 Å². The van der Waals surface area contributed by atoms with Crippen molar-refractivity contribution in [2.45, 2.75) is 19.5 Å². The largest absolute Gasteiger partial charge is 0.406 e. The molecule has 0 aliphatic carbocycles. The van der Waals surface area contributed by atoms with Gasteiger partial charge in [-0.2, -0.15) is 13.2 Å². The van der Waals surface area contributed by atoms with Crippen LogP contribution in [0.15, 0.2) is 18.2 Å². The summed E-state index contributed by atoms with van der Waals surface area (Å²) in [5, 5.41) is 10.6. The number of carbonyl (C=O) groups excluding carboxylic acids is 1. The molecule has 0 saturated carbocycles. The Morgan fingerprint density at radius 2 is 2.05 bits per heavy atom. The van der Waals surface area contributed by atoms with Crippen molar-refractivity contribution >= 4 is 17.3 Å². The highest BCUT2D eigenvalue weighted by Gasteiger charge is 2.33. The molecule has 0 fully saturated rings. The summed E-state index contributed by atoms with van der Waals surface area (Å²) in [6.45, 7) is 0.187. The second kappa shape index (κ2) is 6.42. The van der Waals surface area contributed by atoms with Crippen LogP contribution >= 0.6 is 0 Å². The number of nitrogens with zero attached hydrogens (tertiary/aromatic N) is 2. The fourth-order valence-corrected chi connectivity index (χ4v) is 1.78. The van der Waals surface area contributed by atoms with Gasteiger partial charge < -0.3 is 10.6 Å². The number of hydrogen-bond acceptors (Lipinski definition) is 4. The van der Waals surface area contributed by atoms with Crippen molar-refractivity contribution in [2.75, 3.05) is 18.8 Å². The summed E-state index contributed by atoms with van der Waals surface area (Å²) >= 11 is 0. The summed E-state index contributed by atoms with van der Waals surface area (Å²) in [6.07, 6.45) is -4.17. The van der Waals surface area contributed by atoms with Gasteiger partial charge in [0.15, 0.2) is 0 Å². The summed E-state index contributed by atoms with van der Waals surface area (Å²) in [6, 6.07) is 3.11. The van der Waals surface area contributed by atoms with E-state index in [1.165, 1.54) is 0 Å². The molecule has 0 radical (unpaired) electrons. The number of nitrogen functional groups attached to an aromatic ring is 1. The van der Waals surface area contributed by atoms with Crippen LogP contribution in [0.5, 0.6) is 0 Å². The summed E-state index contributed by atoms with van der Waals surface area (Å²) in [4.78, 5) is 22.6. The molecule has 1 amide bonds. The van der Waals surface area contributed by atoms with E-state index in [1.807, 2.05) is 0 Å². The standard InChI is InChI=1S/C12H14F3N3O3/c1-2-5-17(7-12(13,14)15)11(19)8-3-4-10(18(20)21)9(16)6-8/h3-4,6H,2,5,7,16H2,1H3. The van der Waals surface area contributed by atoms with Crippen LogP contribution in [0, 0.1) is 10.1 Å². The Balaban J connectivity index is 3.04. The first-order valence-electron chi connectivity index (χ1n) is 6.05. The normalized spacial score (nSPS) is 11.2. The predicted molar refractivity (Wildman–Crippen MR) is 69.8 cm³/mol. The quantitative estimate of drug-likeness (QED) is 0.514. The van der Waals surface area contributed by atoms with E-state index in [0.29, 0.717) is 11.3 Å². The maximum Gasteiger partial charge on any atom is 0.406 e. The Kier molecular flexibility index (Phi) is 5.12. The van der Waals surface area contributed by atoms with E-state index < -0.39 is 29.2 Å². The molecule has 2 N–H and O–H groups in total. The average molecular weight is 305 g/mol. The summed E-state index contributed by atoms with van der Waals surface area (Å²) in [5.41, 5.74) is 4.64. The molecule has 0 saturated heterocycles. The lowest BCUT2D eigenvalue weighted by molar-refractivity contribution is -0.383. The van der Waals surface area contributed by atoms with E-state index >= 15 is 0 Å². The minimum atomic E-state index is -4.52. The van der Waals surface area contributed by atoms with Crippen LogP contribution in [0.4, 0.5) is 24.5 Å². The van der Waals surface area contributed by atoms with Gasteiger partial charge in [-0.1, -0.05) is 6.92 Å². The molecule has 9 heteroatoms. The average Bonchev–Trinajstić information content (AvgIpc) is 2.35. The first-order valence-corrected chi connectivity index (χ1v) is 6.05. The fourth-order valence-electron chi connectivity index (χ4n) is 1.78. The first-order chi connectivity index (χ1) is 9.65. The van der Waals surface area contributed by atoms with E-state index in [9.17, 15) is 28.1 Å². The third-order valence-corrected chi connectivity index (χ3v) is 2.62. The lowest BCUT2D eigenvalue weighted by atomic mass is 10.1. The minimum absolute atomic E-state index is 0.0742. The molecule has 1 aromatic rings. The van der Waals surface area contributed by atoms with E-state index in [2.05, 4.69) is 0 Å². The number of nitrogens with two attached hydrogens (primary N) is 1. The molecular weight excluding hydrogens is 291 g/mol. The third kappa shape index (κ3) is 4.62. The van der Waals surface area contributed by atoms with Crippen LogP contribution in [0.1, 0.15) is 23.7 Å². The van der Waals surface area contributed by atoms with Gasteiger partial charge in [0.05, 0.1) is 4.92 Å². The Labute approximate surface area is 118 Å². The number of halogens is 3. The van der Waals surface area contributed by atoms with Crippen molar-refractivity contribution in [1.29, 1.82) is 0 Å². The molecule has 0 unspecified atom stereocenters. The second-order valence-corrected chi connectivity index (χ2v) is 4.37. The zero-order chi connectivity index (χ0) is 16.2. The number of nitro benzene ring substituents is 1. The van der Waals surface area contributed by atoms with Crippen LogP contribution in [0.2, 0.25) is 0 Å². The van der Waals surface area contributed by atoms with Crippen molar-refractivity contribution in [2.24, 2.45) is 0 Å². The zero-order valence-electron chi connectivity index (χ0n) is 11.2. The number of nitro groups is 1. The predicted octanol–water partition coefficient (Wildman–Crippen LogP) is 2.59. The topological polar surface area (TPSA) is 89.5 Å². The van der Waals surface area contributed by atoms with Crippen molar-refractivity contribution < 1.29 is 22.9 Å². The summed E-state index contributed by atoms with van der Waals surface area (Å²) < 4.78 is 37.3. The molecule has 1 rings (SSSR count). The SMILES string of the molecule is CCCN(CC(F)(F)F)C(=O)c1ccc([N+](=O)[O-])c(N)c1. The lowest BCUT2D eigenvalue weighted by Gasteiger charge is -2.23. The van der Waals surface area contributed by atoms with Gasteiger partial charge in [-0.25, -0.2) is 0 Å². The highest BCUT2D eigenvalue weighted by Crippen LogP contribution is 2.24. The number of carbonyl (C=O) groups is 1. The molecule has 0 aliphatic heterocycles. The van der Waals surface area contributed by atoms with Crippen LogP contribution in [-0.4, -0.2) is 35.0 Å². The molecule has 1 aromatic carbocycles. The third-order valence-electron chi connectivity index (χ3n) is 2.62. The van der Waals surface area contributed by atoms with E-state index in [4.69, 9.17) is 5.73 Å². The second-order valence-electron chi connectivity index (χ2n) is 4.37. The monoisotopic (exact) mass is 305 g/mol. The molecule has 21 heavy (non-hydrogen) atoms. The number of anilines is 1. The van der Waals surface area contributed by atoms with Crippen molar-refractivity contribution in [3.63, 3.8) is 0 Å². The van der Waals surface area contributed by atoms with Gasteiger partial charge in [-0.15, -0.1) is 0 Å². The zero-order valence-corrected chi connectivity index (χ0v) is 11.2.